The van der Waals surface area contributed by atoms with Crippen LogP contribution in [0.15, 0.2) is 24.3 Å². The standard InChI is InChI=1S/C16H20ClNO/c1-10(14-9-11-6-7-12(14)8-11)18-16(19)13-4-2-3-5-15(13)17/h2-5,10-12,14H,6-9H2,1H3,(H,18,19)/t10-,11+,12+,14+/m1/s1. The highest BCUT2D eigenvalue weighted by Crippen LogP contribution is 2.49. The number of hydrogen-bond donors (Lipinski definition) is 1. The smallest absolute Gasteiger partial charge is 0.253 e. The van der Waals surface area contributed by atoms with E-state index >= 15 is 0 Å². The molecule has 3 rings (SSSR count). The Morgan fingerprint density at radius 1 is 1.32 bits per heavy atom. The van der Waals surface area contributed by atoms with Gasteiger partial charge in [-0.1, -0.05) is 30.2 Å². The van der Waals surface area contributed by atoms with Gasteiger partial charge in [-0.2, -0.15) is 0 Å². The van der Waals surface area contributed by atoms with Crippen molar-refractivity contribution in [3.63, 3.8) is 0 Å². The average molecular weight is 278 g/mol. The molecule has 2 nitrogen and oxygen atoms in total. The fourth-order valence-corrected chi connectivity index (χ4v) is 4.16. The molecule has 0 heterocycles. The lowest BCUT2D eigenvalue weighted by Crippen LogP contribution is -2.40. The maximum absolute atomic E-state index is 12.2. The first-order valence-corrected chi connectivity index (χ1v) is 7.58. The van der Waals surface area contributed by atoms with E-state index in [1.165, 1.54) is 25.7 Å². The molecule has 102 valence electrons. The largest absolute Gasteiger partial charge is 0.349 e. The summed E-state index contributed by atoms with van der Waals surface area (Å²) in [5.41, 5.74) is 0.583. The van der Waals surface area contributed by atoms with Crippen LogP contribution in [0.1, 0.15) is 43.0 Å². The molecular weight excluding hydrogens is 258 g/mol. The Morgan fingerprint density at radius 2 is 2.11 bits per heavy atom. The predicted octanol–water partition coefficient (Wildman–Crippen LogP) is 3.89. The van der Waals surface area contributed by atoms with Crippen molar-refractivity contribution in [2.45, 2.75) is 38.6 Å². The molecule has 1 amide bonds. The first kappa shape index (κ1) is 13.0. The molecule has 3 heteroatoms. The van der Waals surface area contributed by atoms with Crippen molar-refractivity contribution in [1.29, 1.82) is 0 Å². The second-order valence-corrected chi connectivity index (χ2v) is 6.49. The van der Waals surface area contributed by atoms with E-state index in [4.69, 9.17) is 11.6 Å². The summed E-state index contributed by atoms with van der Waals surface area (Å²) in [4.78, 5) is 12.2. The Labute approximate surface area is 119 Å². The molecule has 2 aliphatic rings. The topological polar surface area (TPSA) is 29.1 Å². The Morgan fingerprint density at radius 3 is 2.74 bits per heavy atom. The van der Waals surface area contributed by atoms with Crippen molar-refractivity contribution in [3.8, 4) is 0 Å². The number of amides is 1. The monoisotopic (exact) mass is 277 g/mol. The van der Waals surface area contributed by atoms with Crippen LogP contribution in [0.3, 0.4) is 0 Å². The van der Waals surface area contributed by atoms with Gasteiger partial charge in [0.05, 0.1) is 10.6 Å². The number of nitrogens with one attached hydrogen (secondary N) is 1. The molecule has 1 N–H and O–H groups in total. The van der Waals surface area contributed by atoms with Crippen LogP contribution in [0.25, 0.3) is 0 Å². The molecule has 0 saturated heterocycles. The molecule has 2 bridgehead atoms. The second kappa shape index (κ2) is 5.16. The van der Waals surface area contributed by atoms with Crippen LogP contribution in [-0.4, -0.2) is 11.9 Å². The molecule has 0 aliphatic heterocycles. The zero-order valence-electron chi connectivity index (χ0n) is 11.2. The number of benzene rings is 1. The summed E-state index contributed by atoms with van der Waals surface area (Å²) in [7, 11) is 0. The average Bonchev–Trinajstić information content (AvgIpc) is 3.01. The maximum Gasteiger partial charge on any atom is 0.253 e. The minimum atomic E-state index is -0.0409. The van der Waals surface area contributed by atoms with E-state index in [1.54, 1.807) is 12.1 Å². The van der Waals surface area contributed by atoms with Crippen LogP contribution in [0.4, 0.5) is 0 Å². The number of rotatable bonds is 3. The first-order valence-electron chi connectivity index (χ1n) is 7.20. The Kier molecular flexibility index (Phi) is 3.53. The van der Waals surface area contributed by atoms with Crippen LogP contribution in [0.2, 0.25) is 5.02 Å². The molecule has 0 radical (unpaired) electrons. The highest BCUT2D eigenvalue weighted by molar-refractivity contribution is 6.33. The van der Waals surface area contributed by atoms with E-state index in [1.807, 2.05) is 12.1 Å². The maximum atomic E-state index is 12.2. The lowest BCUT2D eigenvalue weighted by atomic mass is 9.84. The number of carbonyl (C=O) groups is 1. The summed E-state index contributed by atoms with van der Waals surface area (Å²) in [6.45, 7) is 2.14. The van der Waals surface area contributed by atoms with E-state index < -0.39 is 0 Å². The zero-order chi connectivity index (χ0) is 13.4. The third kappa shape index (κ3) is 2.51. The third-order valence-corrected chi connectivity index (χ3v) is 5.24. The molecular formula is C16H20ClNO. The van der Waals surface area contributed by atoms with Crippen LogP contribution in [-0.2, 0) is 0 Å². The summed E-state index contributed by atoms with van der Waals surface area (Å²) in [6.07, 6.45) is 5.40. The van der Waals surface area contributed by atoms with Crippen molar-refractivity contribution in [3.05, 3.63) is 34.9 Å². The van der Waals surface area contributed by atoms with Crippen molar-refractivity contribution in [1.82, 2.24) is 5.32 Å². The van der Waals surface area contributed by atoms with Gasteiger partial charge < -0.3 is 5.32 Å². The summed E-state index contributed by atoms with van der Waals surface area (Å²) in [5, 5.41) is 3.67. The van der Waals surface area contributed by atoms with E-state index in [9.17, 15) is 4.79 Å². The highest BCUT2D eigenvalue weighted by atomic mass is 35.5. The van der Waals surface area contributed by atoms with E-state index in [0.717, 1.165) is 11.8 Å². The SMILES string of the molecule is C[C@@H](NC(=O)c1ccccc1Cl)[C@@H]1C[C@H]2CC[C@H]1C2. The Bertz CT molecular complexity index is 487. The van der Waals surface area contributed by atoms with Crippen molar-refractivity contribution in [2.24, 2.45) is 17.8 Å². The third-order valence-electron chi connectivity index (χ3n) is 4.91. The number of carbonyl (C=O) groups excluding carboxylic acids is 1. The van der Waals surface area contributed by atoms with Gasteiger partial charge in [0.2, 0.25) is 0 Å². The summed E-state index contributed by atoms with van der Waals surface area (Å²) >= 11 is 6.06. The summed E-state index contributed by atoms with van der Waals surface area (Å²) in [5.74, 6) is 2.35. The number of fused-ring (bicyclic) bond motifs is 2. The minimum Gasteiger partial charge on any atom is -0.349 e. The molecule has 0 spiro atoms. The molecule has 1 aromatic carbocycles. The molecule has 1 aromatic rings. The minimum absolute atomic E-state index is 0.0409. The molecule has 19 heavy (non-hydrogen) atoms. The zero-order valence-corrected chi connectivity index (χ0v) is 12.0. The number of halogens is 1. The van der Waals surface area contributed by atoms with Crippen LogP contribution < -0.4 is 5.32 Å². The van der Waals surface area contributed by atoms with Gasteiger partial charge in [-0.15, -0.1) is 0 Å². The lowest BCUT2D eigenvalue weighted by Gasteiger charge is -2.28. The van der Waals surface area contributed by atoms with E-state index in [2.05, 4.69) is 12.2 Å². The molecule has 2 saturated carbocycles. The molecule has 4 atom stereocenters. The fraction of sp³-hybridized carbons (Fsp3) is 0.562. The lowest BCUT2D eigenvalue weighted by molar-refractivity contribution is 0.0915. The quantitative estimate of drug-likeness (QED) is 0.892. The van der Waals surface area contributed by atoms with Crippen LogP contribution >= 0.6 is 11.6 Å². The van der Waals surface area contributed by atoms with Gasteiger partial charge in [-0.25, -0.2) is 0 Å². The van der Waals surface area contributed by atoms with Crippen molar-refractivity contribution in [2.75, 3.05) is 0 Å². The highest BCUT2D eigenvalue weighted by Gasteiger charge is 2.42. The van der Waals surface area contributed by atoms with Gasteiger partial charge in [-0.3, -0.25) is 4.79 Å². The normalized spacial score (nSPS) is 30.3. The van der Waals surface area contributed by atoms with Gasteiger partial charge in [-0.05, 0) is 56.1 Å². The molecule has 2 aliphatic carbocycles. The summed E-state index contributed by atoms with van der Waals surface area (Å²) < 4.78 is 0. The van der Waals surface area contributed by atoms with E-state index in [-0.39, 0.29) is 11.9 Å². The Balaban J connectivity index is 1.65. The fourth-order valence-electron chi connectivity index (χ4n) is 3.94. The van der Waals surface area contributed by atoms with E-state index in [0.29, 0.717) is 16.5 Å². The van der Waals surface area contributed by atoms with Crippen LogP contribution in [0.5, 0.6) is 0 Å². The predicted molar refractivity (Wildman–Crippen MR) is 77.3 cm³/mol. The number of hydrogen-bond acceptors (Lipinski definition) is 1. The molecule has 2 fully saturated rings. The van der Waals surface area contributed by atoms with Gasteiger partial charge in [0.25, 0.3) is 5.91 Å². The molecule has 0 unspecified atom stereocenters. The first-order chi connectivity index (χ1) is 9.15. The Hall–Kier alpha value is -1.02. The van der Waals surface area contributed by atoms with Gasteiger partial charge >= 0.3 is 0 Å². The second-order valence-electron chi connectivity index (χ2n) is 6.08. The van der Waals surface area contributed by atoms with Crippen LogP contribution in [0, 0.1) is 17.8 Å². The van der Waals surface area contributed by atoms with Gasteiger partial charge in [0.1, 0.15) is 0 Å². The van der Waals surface area contributed by atoms with Gasteiger partial charge in [0, 0.05) is 6.04 Å². The molecule has 0 aromatic heterocycles. The van der Waals surface area contributed by atoms with Gasteiger partial charge in [0.15, 0.2) is 0 Å². The van der Waals surface area contributed by atoms with Crippen molar-refractivity contribution < 1.29 is 4.79 Å². The van der Waals surface area contributed by atoms with Crippen molar-refractivity contribution >= 4 is 17.5 Å². The summed E-state index contributed by atoms with van der Waals surface area (Å²) in [6, 6.07) is 7.49.